The fourth-order valence-corrected chi connectivity index (χ4v) is 1.72. The highest BCUT2D eigenvalue weighted by molar-refractivity contribution is 6.14. The second-order valence-electron chi connectivity index (χ2n) is 3.82. The zero-order chi connectivity index (χ0) is 15.3. The Morgan fingerprint density at radius 3 is 1.70 bits per heavy atom. The first-order valence-electron chi connectivity index (χ1n) is 5.57. The van der Waals surface area contributed by atoms with Gasteiger partial charge in [0.05, 0.1) is 0 Å². The molecular formula is C13H12N2O5. The Balaban J connectivity index is 0.000000956. The quantitative estimate of drug-likeness (QED) is 0.649. The van der Waals surface area contributed by atoms with Crippen LogP contribution in [-0.2, 0) is 24.0 Å². The number of rotatable bonds is 4. The van der Waals surface area contributed by atoms with Crippen LogP contribution in [0.1, 0.15) is 6.42 Å². The molecule has 104 valence electrons. The maximum absolute atomic E-state index is 11.3. The van der Waals surface area contributed by atoms with Crippen LogP contribution in [-0.4, -0.2) is 46.8 Å². The number of imide groups is 2. The van der Waals surface area contributed by atoms with Gasteiger partial charge >= 0.3 is 0 Å². The summed E-state index contributed by atoms with van der Waals surface area (Å²) < 4.78 is 0. The zero-order valence-electron chi connectivity index (χ0n) is 10.6. The fraction of sp³-hybridized carbons (Fsp3) is 0.154. The Hall–Kier alpha value is -2.83. The minimum Gasteiger partial charge on any atom is -0.307 e. The summed E-state index contributed by atoms with van der Waals surface area (Å²) in [7, 11) is 0. The number of carbonyl (C=O) groups excluding carboxylic acids is 5. The molecule has 0 aliphatic carbocycles. The fourth-order valence-electron chi connectivity index (χ4n) is 1.72. The van der Waals surface area contributed by atoms with Crippen LogP contribution >= 0.6 is 0 Å². The molecule has 4 amide bonds. The van der Waals surface area contributed by atoms with Gasteiger partial charge in [-0.2, -0.15) is 0 Å². The Morgan fingerprint density at radius 2 is 1.25 bits per heavy atom. The summed E-state index contributed by atoms with van der Waals surface area (Å²) in [5.41, 5.74) is 0.266. The standard InChI is InChI=1S/C12H10N2O4.CH2O/c1-8(14-11(17)4-5-12(14)18)6-7-13-9(15)2-3-10(13)16;1-2/h2-5H,1,6-7H2;1H2. The van der Waals surface area contributed by atoms with E-state index in [-0.39, 0.29) is 18.7 Å². The summed E-state index contributed by atoms with van der Waals surface area (Å²) in [6.45, 7) is 5.72. The largest absolute Gasteiger partial charge is 0.307 e. The number of carbonyl (C=O) groups is 5. The molecular weight excluding hydrogens is 264 g/mol. The van der Waals surface area contributed by atoms with Gasteiger partial charge in [0.1, 0.15) is 6.79 Å². The van der Waals surface area contributed by atoms with Crippen molar-refractivity contribution in [3.63, 3.8) is 0 Å². The van der Waals surface area contributed by atoms with Crippen molar-refractivity contribution in [2.24, 2.45) is 0 Å². The van der Waals surface area contributed by atoms with E-state index in [1.807, 2.05) is 6.79 Å². The first-order chi connectivity index (χ1) is 9.50. The Morgan fingerprint density at radius 1 is 0.850 bits per heavy atom. The van der Waals surface area contributed by atoms with E-state index in [0.717, 1.165) is 22.0 Å². The van der Waals surface area contributed by atoms with Crippen LogP contribution in [0.5, 0.6) is 0 Å². The first-order valence-corrected chi connectivity index (χ1v) is 5.57. The molecule has 0 N–H and O–H groups in total. The van der Waals surface area contributed by atoms with Gasteiger partial charge < -0.3 is 4.79 Å². The highest BCUT2D eigenvalue weighted by Crippen LogP contribution is 2.15. The van der Waals surface area contributed by atoms with Crippen LogP contribution < -0.4 is 0 Å². The van der Waals surface area contributed by atoms with Crippen molar-refractivity contribution >= 4 is 30.4 Å². The summed E-state index contributed by atoms with van der Waals surface area (Å²) in [4.78, 5) is 55.2. The smallest absolute Gasteiger partial charge is 0.257 e. The Bertz CT molecular complexity index is 511. The van der Waals surface area contributed by atoms with E-state index in [0.29, 0.717) is 0 Å². The summed E-state index contributed by atoms with van der Waals surface area (Å²) in [5, 5.41) is 0. The van der Waals surface area contributed by atoms with Gasteiger partial charge in [0.2, 0.25) is 0 Å². The van der Waals surface area contributed by atoms with E-state index >= 15 is 0 Å². The second-order valence-corrected chi connectivity index (χ2v) is 3.82. The van der Waals surface area contributed by atoms with Crippen LogP contribution in [0.4, 0.5) is 0 Å². The van der Waals surface area contributed by atoms with Crippen molar-refractivity contribution in [2.45, 2.75) is 6.42 Å². The first kappa shape index (κ1) is 15.2. The highest BCUT2D eigenvalue weighted by atomic mass is 16.2. The van der Waals surface area contributed by atoms with Crippen LogP contribution in [0.3, 0.4) is 0 Å². The van der Waals surface area contributed by atoms with E-state index in [9.17, 15) is 19.2 Å². The van der Waals surface area contributed by atoms with E-state index in [1.54, 1.807) is 0 Å². The summed E-state index contributed by atoms with van der Waals surface area (Å²) in [6, 6.07) is 0. The number of amides is 4. The van der Waals surface area contributed by atoms with Crippen LogP contribution in [0.15, 0.2) is 36.6 Å². The molecule has 0 atom stereocenters. The molecule has 0 fully saturated rings. The van der Waals surface area contributed by atoms with Crippen molar-refractivity contribution < 1.29 is 24.0 Å². The maximum Gasteiger partial charge on any atom is 0.257 e. The summed E-state index contributed by atoms with van der Waals surface area (Å²) in [5.74, 6) is -1.71. The molecule has 0 aromatic rings. The third kappa shape index (κ3) is 2.94. The Kier molecular flexibility index (Phi) is 4.85. The van der Waals surface area contributed by atoms with Crippen LogP contribution in [0, 0.1) is 0 Å². The minimum absolute atomic E-state index is 0.0978. The molecule has 2 aliphatic rings. The average Bonchev–Trinajstić information content (AvgIpc) is 2.93. The van der Waals surface area contributed by atoms with Gasteiger partial charge in [0, 0.05) is 43.0 Å². The monoisotopic (exact) mass is 276 g/mol. The van der Waals surface area contributed by atoms with Gasteiger partial charge in [0.25, 0.3) is 23.6 Å². The normalized spacial score (nSPS) is 16.8. The van der Waals surface area contributed by atoms with Gasteiger partial charge in [-0.1, -0.05) is 6.58 Å². The molecule has 2 aliphatic heterocycles. The molecule has 0 unspecified atom stereocenters. The molecule has 20 heavy (non-hydrogen) atoms. The predicted molar refractivity (Wildman–Crippen MR) is 67.7 cm³/mol. The average molecular weight is 276 g/mol. The molecule has 2 heterocycles. The van der Waals surface area contributed by atoms with Gasteiger partial charge in [-0.3, -0.25) is 24.1 Å². The second kappa shape index (κ2) is 6.37. The molecule has 7 heteroatoms. The molecule has 0 bridgehead atoms. The topological polar surface area (TPSA) is 91.8 Å². The molecule has 0 saturated carbocycles. The third-order valence-electron chi connectivity index (χ3n) is 2.65. The van der Waals surface area contributed by atoms with Crippen molar-refractivity contribution in [1.29, 1.82) is 0 Å². The maximum atomic E-state index is 11.3. The van der Waals surface area contributed by atoms with Gasteiger partial charge in [-0.05, 0) is 0 Å². The molecule has 0 aromatic heterocycles. The van der Waals surface area contributed by atoms with Crippen molar-refractivity contribution in [3.05, 3.63) is 36.6 Å². The number of hydrogen-bond donors (Lipinski definition) is 0. The zero-order valence-corrected chi connectivity index (χ0v) is 10.6. The van der Waals surface area contributed by atoms with E-state index in [1.165, 1.54) is 12.2 Å². The van der Waals surface area contributed by atoms with Crippen LogP contribution in [0.25, 0.3) is 0 Å². The molecule has 0 radical (unpaired) electrons. The molecule has 0 aromatic carbocycles. The van der Waals surface area contributed by atoms with E-state index in [2.05, 4.69) is 6.58 Å². The van der Waals surface area contributed by atoms with Gasteiger partial charge in [-0.25, -0.2) is 4.90 Å². The van der Waals surface area contributed by atoms with Crippen molar-refractivity contribution in [3.8, 4) is 0 Å². The van der Waals surface area contributed by atoms with E-state index < -0.39 is 23.6 Å². The molecule has 0 saturated heterocycles. The van der Waals surface area contributed by atoms with Crippen molar-refractivity contribution in [1.82, 2.24) is 9.80 Å². The summed E-state index contributed by atoms with van der Waals surface area (Å²) >= 11 is 0. The van der Waals surface area contributed by atoms with Gasteiger partial charge in [0.15, 0.2) is 0 Å². The lowest BCUT2D eigenvalue weighted by Crippen LogP contribution is -2.34. The SMILES string of the molecule is C=C(CCN1C(=O)C=CC1=O)N1C(=O)C=CC1=O.C=O. The predicted octanol–water partition coefficient (Wildman–Crippen LogP) is -0.445. The highest BCUT2D eigenvalue weighted by Gasteiger charge is 2.28. The van der Waals surface area contributed by atoms with E-state index in [4.69, 9.17) is 4.79 Å². The van der Waals surface area contributed by atoms with Crippen molar-refractivity contribution in [2.75, 3.05) is 6.54 Å². The number of hydrogen-bond acceptors (Lipinski definition) is 5. The lowest BCUT2D eigenvalue weighted by molar-refractivity contribution is -0.136. The number of nitrogens with zero attached hydrogens (tertiary/aromatic N) is 2. The lowest BCUT2D eigenvalue weighted by atomic mass is 10.3. The van der Waals surface area contributed by atoms with Crippen LogP contribution in [0.2, 0.25) is 0 Å². The Labute approximate surface area is 114 Å². The summed E-state index contributed by atoms with van der Waals surface area (Å²) in [6.07, 6.45) is 4.85. The van der Waals surface area contributed by atoms with Gasteiger partial charge in [-0.15, -0.1) is 0 Å². The molecule has 2 rings (SSSR count). The lowest BCUT2D eigenvalue weighted by Gasteiger charge is -2.19. The minimum atomic E-state index is -0.456. The molecule has 0 spiro atoms. The third-order valence-corrected chi connectivity index (χ3v) is 2.65. The molecule has 7 nitrogen and oxygen atoms in total.